The number of nitrogens with one attached hydrogen (secondary N) is 2. The van der Waals surface area contributed by atoms with E-state index in [-0.39, 0.29) is 25.3 Å². The van der Waals surface area contributed by atoms with Gasteiger partial charge in [0.15, 0.2) is 11.5 Å². The summed E-state index contributed by atoms with van der Waals surface area (Å²) in [6.07, 6.45) is 7.74. The maximum atomic E-state index is 12.5. The van der Waals surface area contributed by atoms with E-state index < -0.39 is 0 Å². The first-order chi connectivity index (χ1) is 19.2. The highest BCUT2D eigenvalue weighted by Gasteiger charge is 2.26. The summed E-state index contributed by atoms with van der Waals surface area (Å²) in [7, 11) is 0. The van der Waals surface area contributed by atoms with Crippen LogP contribution in [0.1, 0.15) is 30.9 Å². The molecule has 0 bridgehead atoms. The Hall–Kier alpha value is -4.18. The molecule has 1 atom stereocenters. The van der Waals surface area contributed by atoms with Crippen molar-refractivity contribution < 1.29 is 14.3 Å². The van der Waals surface area contributed by atoms with Gasteiger partial charge in [-0.3, -0.25) is 14.4 Å². The molecule has 0 saturated heterocycles. The van der Waals surface area contributed by atoms with Crippen LogP contribution in [0.4, 0.5) is 0 Å². The number of rotatable bonds is 11. The number of amides is 1. The molecule has 3 aromatic rings. The molecule has 0 aliphatic carbocycles. The molecule has 1 amide bonds. The number of ether oxygens (including phenoxy) is 2. The molecule has 3 heterocycles. The smallest absolute Gasteiger partial charge is 0.241 e. The molecule has 204 valence electrons. The van der Waals surface area contributed by atoms with Gasteiger partial charge in [-0.1, -0.05) is 36.4 Å². The molecule has 5 rings (SSSR count). The summed E-state index contributed by atoms with van der Waals surface area (Å²) in [4.78, 5) is 28.3. The van der Waals surface area contributed by atoms with Gasteiger partial charge in [0.05, 0.1) is 0 Å². The molecule has 1 unspecified atom stereocenters. The molecule has 10 heteroatoms. The second-order valence-corrected chi connectivity index (χ2v) is 9.66. The van der Waals surface area contributed by atoms with Crippen LogP contribution in [0.2, 0.25) is 0 Å². The van der Waals surface area contributed by atoms with E-state index in [0.717, 1.165) is 49.1 Å². The number of benzene rings is 2. The monoisotopic (exact) mass is 529 g/mol. The molecule has 2 aliphatic rings. The lowest BCUT2D eigenvalue weighted by Gasteiger charge is -2.35. The van der Waals surface area contributed by atoms with Crippen molar-refractivity contribution in [1.82, 2.24) is 25.1 Å². The van der Waals surface area contributed by atoms with Gasteiger partial charge in [-0.15, -0.1) is 0 Å². The van der Waals surface area contributed by atoms with E-state index in [4.69, 9.17) is 14.5 Å². The number of hydrogen-bond acceptors (Lipinski definition) is 7. The second-order valence-electron chi connectivity index (χ2n) is 9.66. The molecule has 0 fully saturated rings. The van der Waals surface area contributed by atoms with Crippen molar-refractivity contribution in [2.24, 2.45) is 9.98 Å². The van der Waals surface area contributed by atoms with Gasteiger partial charge in [0.2, 0.25) is 18.7 Å². The Labute approximate surface area is 228 Å². The Morgan fingerprint density at radius 1 is 1.10 bits per heavy atom. The molecule has 0 saturated carbocycles. The van der Waals surface area contributed by atoms with Crippen molar-refractivity contribution >= 4 is 17.7 Å². The zero-order valence-electron chi connectivity index (χ0n) is 22.3. The van der Waals surface area contributed by atoms with E-state index in [9.17, 15) is 4.79 Å². The predicted molar refractivity (Wildman–Crippen MR) is 150 cm³/mol. The second kappa shape index (κ2) is 13.1. The van der Waals surface area contributed by atoms with Crippen molar-refractivity contribution in [3.63, 3.8) is 0 Å². The molecule has 0 radical (unpaired) electrons. The molecule has 0 spiro atoms. The Balaban J connectivity index is 1.12. The minimum absolute atomic E-state index is 0.0489. The largest absolute Gasteiger partial charge is 0.454 e. The number of imidazole rings is 1. The number of amidine groups is 1. The van der Waals surface area contributed by atoms with Gasteiger partial charge in [0.25, 0.3) is 0 Å². The molecule has 2 aromatic carbocycles. The number of carbonyl (C=O) groups is 1. The fourth-order valence-corrected chi connectivity index (χ4v) is 4.67. The van der Waals surface area contributed by atoms with E-state index in [1.807, 2.05) is 35.0 Å². The van der Waals surface area contributed by atoms with E-state index in [0.29, 0.717) is 25.2 Å². The van der Waals surface area contributed by atoms with Gasteiger partial charge in [-0.25, -0.2) is 4.98 Å². The Morgan fingerprint density at radius 3 is 2.82 bits per heavy atom. The number of fused-ring (bicyclic) bond motifs is 1. The Morgan fingerprint density at radius 2 is 1.97 bits per heavy atom. The van der Waals surface area contributed by atoms with Crippen molar-refractivity contribution in [3.05, 3.63) is 78.4 Å². The SMILES string of the molecule is CC1CC(=NCC(=O)NCCc2ccc3c(c2)OCO3)N=C(n2ccnc2)N1CCCNCc1ccccc1. The van der Waals surface area contributed by atoms with Gasteiger partial charge in [-0.2, -0.15) is 4.99 Å². The van der Waals surface area contributed by atoms with Crippen LogP contribution in [0.5, 0.6) is 11.5 Å². The summed E-state index contributed by atoms with van der Waals surface area (Å²) < 4.78 is 12.7. The minimum Gasteiger partial charge on any atom is -0.454 e. The van der Waals surface area contributed by atoms with Gasteiger partial charge < -0.3 is 25.0 Å². The molecule has 2 N–H and O–H groups in total. The lowest BCUT2D eigenvalue weighted by atomic mass is 10.1. The normalized spacial score (nSPS) is 17.4. The van der Waals surface area contributed by atoms with Crippen molar-refractivity contribution in [2.75, 3.05) is 33.0 Å². The van der Waals surface area contributed by atoms with Gasteiger partial charge >= 0.3 is 0 Å². The first-order valence-electron chi connectivity index (χ1n) is 13.4. The summed E-state index contributed by atoms with van der Waals surface area (Å²) in [5, 5.41) is 6.47. The predicted octanol–water partition coefficient (Wildman–Crippen LogP) is 2.85. The summed E-state index contributed by atoms with van der Waals surface area (Å²) in [5.74, 6) is 2.85. The average Bonchev–Trinajstić information content (AvgIpc) is 3.65. The van der Waals surface area contributed by atoms with Crippen molar-refractivity contribution in [2.45, 2.75) is 38.8 Å². The topological polar surface area (TPSA) is 105 Å². The number of carbonyl (C=O) groups excluding carboxylic acids is 1. The van der Waals surface area contributed by atoms with Gasteiger partial charge in [0, 0.05) is 44.5 Å². The first-order valence-corrected chi connectivity index (χ1v) is 13.4. The number of aliphatic imine (C=N–C) groups is 2. The van der Waals surface area contributed by atoms with E-state index in [1.165, 1.54) is 5.56 Å². The van der Waals surface area contributed by atoms with E-state index in [1.54, 1.807) is 12.5 Å². The maximum Gasteiger partial charge on any atom is 0.241 e. The van der Waals surface area contributed by atoms with Gasteiger partial charge in [-0.05, 0) is 49.6 Å². The van der Waals surface area contributed by atoms with Crippen LogP contribution in [0, 0.1) is 0 Å². The molecule has 2 aliphatic heterocycles. The summed E-state index contributed by atoms with van der Waals surface area (Å²) >= 11 is 0. The zero-order valence-corrected chi connectivity index (χ0v) is 22.3. The van der Waals surface area contributed by atoms with Crippen LogP contribution in [-0.2, 0) is 17.8 Å². The number of hydrogen-bond donors (Lipinski definition) is 2. The highest BCUT2D eigenvalue weighted by Crippen LogP contribution is 2.32. The zero-order chi connectivity index (χ0) is 26.9. The highest BCUT2D eigenvalue weighted by atomic mass is 16.7. The number of aromatic nitrogens is 2. The lowest BCUT2D eigenvalue weighted by molar-refractivity contribution is -0.119. The number of nitrogens with zero attached hydrogens (tertiary/aromatic N) is 5. The fourth-order valence-electron chi connectivity index (χ4n) is 4.67. The fraction of sp³-hybridized carbons (Fsp3) is 0.379. The maximum absolute atomic E-state index is 12.5. The Kier molecular flexibility index (Phi) is 8.85. The lowest BCUT2D eigenvalue weighted by Crippen LogP contribution is -2.47. The summed E-state index contributed by atoms with van der Waals surface area (Å²) in [5.41, 5.74) is 2.36. The summed E-state index contributed by atoms with van der Waals surface area (Å²) in [6, 6.07) is 16.4. The standard InChI is InChI=1S/C29H35N7O3/c1-22-16-27(33-19-28(37)32-12-10-23-8-9-25-26(17-23)39-21-38-25)34-29(35-15-13-31-20-35)36(22)14-5-11-30-18-24-6-3-2-4-7-24/h2-4,6-9,13,15,17,20,22,30H,5,10-12,14,16,18-19,21H2,1H3,(H,32,37). The minimum atomic E-state index is -0.123. The first kappa shape index (κ1) is 26.4. The van der Waals surface area contributed by atoms with Crippen molar-refractivity contribution in [1.29, 1.82) is 0 Å². The van der Waals surface area contributed by atoms with Crippen LogP contribution >= 0.6 is 0 Å². The summed E-state index contributed by atoms with van der Waals surface area (Å²) in [6.45, 7) is 5.61. The van der Waals surface area contributed by atoms with Crippen LogP contribution in [-0.4, -0.2) is 71.2 Å². The van der Waals surface area contributed by atoms with Crippen LogP contribution < -0.4 is 20.1 Å². The molecular weight excluding hydrogens is 494 g/mol. The third-order valence-corrected chi connectivity index (χ3v) is 6.73. The third-order valence-electron chi connectivity index (χ3n) is 6.73. The van der Waals surface area contributed by atoms with Crippen LogP contribution in [0.3, 0.4) is 0 Å². The van der Waals surface area contributed by atoms with Crippen LogP contribution in [0.25, 0.3) is 0 Å². The molecule has 39 heavy (non-hydrogen) atoms. The highest BCUT2D eigenvalue weighted by molar-refractivity contribution is 6.00. The van der Waals surface area contributed by atoms with Gasteiger partial charge in [0.1, 0.15) is 18.7 Å². The average molecular weight is 530 g/mol. The third kappa shape index (κ3) is 7.23. The molecule has 1 aromatic heterocycles. The van der Waals surface area contributed by atoms with E-state index in [2.05, 4.69) is 56.7 Å². The molecular formula is C29H35N7O3. The van der Waals surface area contributed by atoms with E-state index >= 15 is 0 Å². The molecule has 10 nitrogen and oxygen atoms in total. The van der Waals surface area contributed by atoms with Crippen LogP contribution in [0.15, 0.2) is 77.2 Å². The quantitative estimate of drug-likeness (QED) is 0.370. The van der Waals surface area contributed by atoms with Crippen molar-refractivity contribution in [3.8, 4) is 11.5 Å². The Bertz CT molecular complexity index is 1290.